The largest absolute Gasteiger partial charge is 0.497 e. The molecule has 2 aliphatic rings. The smallest absolute Gasteiger partial charge is 0.311 e. The highest BCUT2D eigenvalue weighted by Crippen LogP contribution is 2.45. The van der Waals surface area contributed by atoms with Crippen LogP contribution in [0.2, 0.25) is 0 Å². The molecule has 0 spiro atoms. The number of esters is 1. The predicted octanol–water partition coefficient (Wildman–Crippen LogP) is 3.48. The molecule has 6 nitrogen and oxygen atoms in total. The van der Waals surface area contributed by atoms with Crippen LogP contribution in [-0.2, 0) is 14.3 Å². The Hall–Kier alpha value is -2.89. The van der Waals surface area contributed by atoms with E-state index < -0.39 is 11.9 Å². The maximum atomic E-state index is 13.1. The zero-order valence-electron chi connectivity index (χ0n) is 15.5. The Kier molecular flexibility index (Phi) is 3.94. The van der Waals surface area contributed by atoms with E-state index in [0.717, 1.165) is 0 Å². The van der Waals surface area contributed by atoms with Crippen molar-refractivity contribution in [2.24, 2.45) is 5.41 Å². The van der Waals surface area contributed by atoms with Crippen molar-refractivity contribution in [3.8, 4) is 5.75 Å². The molecule has 0 saturated carbocycles. The first-order chi connectivity index (χ1) is 12.8. The van der Waals surface area contributed by atoms with Crippen molar-refractivity contribution in [3.63, 3.8) is 0 Å². The van der Waals surface area contributed by atoms with Gasteiger partial charge in [-0.25, -0.2) is 0 Å². The Bertz CT molecular complexity index is 1060. The number of ketones is 1. The van der Waals surface area contributed by atoms with E-state index in [-0.39, 0.29) is 23.0 Å². The molecule has 140 valence electrons. The van der Waals surface area contributed by atoms with Gasteiger partial charge < -0.3 is 13.9 Å². The van der Waals surface area contributed by atoms with Crippen molar-refractivity contribution in [3.05, 3.63) is 51.6 Å². The second kappa shape index (κ2) is 6.08. The third-order valence-electron chi connectivity index (χ3n) is 5.22. The number of rotatable bonds is 2. The second-order valence-corrected chi connectivity index (χ2v) is 7.89. The monoisotopic (exact) mass is 368 g/mol. The van der Waals surface area contributed by atoms with Gasteiger partial charge in [-0.05, 0) is 23.6 Å². The second-order valence-electron chi connectivity index (χ2n) is 7.89. The number of carbonyl (C=O) groups excluding carboxylic acids is 2. The van der Waals surface area contributed by atoms with Gasteiger partial charge in [0, 0.05) is 29.9 Å². The van der Waals surface area contributed by atoms with Crippen LogP contribution in [-0.4, -0.2) is 18.9 Å². The van der Waals surface area contributed by atoms with E-state index in [4.69, 9.17) is 13.9 Å². The quantitative estimate of drug-likeness (QED) is 0.755. The molecule has 0 bridgehead atoms. The zero-order chi connectivity index (χ0) is 19.3. The SMILES string of the molecule is COc1ccc2occ(C3CC(=O)OC4=C3C(=O)CC(C)(C)C4)c(=O)c2c1. The van der Waals surface area contributed by atoms with Gasteiger partial charge in [0.15, 0.2) is 11.2 Å². The number of hydrogen-bond donors (Lipinski definition) is 0. The van der Waals surface area contributed by atoms with Crippen LogP contribution in [0.15, 0.2) is 45.0 Å². The van der Waals surface area contributed by atoms with Crippen molar-refractivity contribution in [1.82, 2.24) is 0 Å². The van der Waals surface area contributed by atoms with Crippen LogP contribution in [0.3, 0.4) is 0 Å². The van der Waals surface area contributed by atoms with Crippen LogP contribution in [0.1, 0.15) is 44.6 Å². The number of hydrogen-bond acceptors (Lipinski definition) is 6. The molecule has 2 heterocycles. The molecular formula is C21H20O6. The summed E-state index contributed by atoms with van der Waals surface area (Å²) in [7, 11) is 1.52. The molecular weight excluding hydrogens is 348 g/mol. The molecule has 2 aromatic rings. The minimum Gasteiger partial charge on any atom is -0.497 e. The first-order valence-electron chi connectivity index (χ1n) is 8.85. The van der Waals surface area contributed by atoms with Gasteiger partial charge in [0.1, 0.15) is 17.1 Å². The van der Waals surface area contributed by atoms with E-state index >= 15 is 0 Å². The minimum absolute atomic E-state index is 0.0504. The number of fused-ring (bicyclic) bond motifs is 1. The van der Waals surface area contributed by atoms with E-state index in [9.17, 15) is 14.4 Å². The summed E-state index contributed by atoms with van der Waals surface area (Å²) in [5.74, 6) is -0.233. The maximum Gasteiger partial charge on any atom is 0.311 e. The Morgan fingerprint density at radius 3 is 2.67 bits per heavy atom. The standard InChI is InChI=1S/C21H20O6/c1-21(2)8-15(22)19-12(7-18(23)27-17(19)9-21)14-10-26-16-5-4-11(25-3)6-13(16)20(14)24/h4-6,10,12H,7-9H2,1-3H3. The van der Waals surface area contributed by atoms with Crippen LogP contribution in [0.25, 0.3) is 11.0 Å². The van der Waals surface area contributed by atoms with E-state index in [2.05, 4.69) is 0 Å². The molecule has 0 fully saturated rings. The van der Waals surface area contributed by atoms with Gasteiger partial charge in [-0.1, -0.05) is 13.8 Å². The van der Waals surface area contributed by atoms with Crippen LogP contribution in [0.5, 0.6) is 5.75 Å². The number of benzene rings is 1. The lowest BCUT2D eigenvalue weighted by Crippen LogP contribution is -2.35. The zero-order valence-corrected chi connectivity index (χ0v) is 15.5. The summed E-state index contributed by atoms with van der Waals surface area (Å²) in [5.41, 5.74) is 0.614. The molecule has 0 saturated heterocycles. The molecule has 1 aliphatic carbocycles. The molecule has 27 heavy (non-hydrogen) atoms. The molecule has 1 atom stereocenters. The van der Waals surface area contributed by atoms with Crippen molar-refractivity contribution in [1.29, 1.82) is 0 Å². The molecule has 1 aromatic heterocycles. The Morgan fingerprint density at radius 1 is 1.15 bits per heavy atom. The lowest BCUT2D eigenvalue weighted by atomic mass is 9.71. The van der Waals surface area contributed by atoms with Crippen molar-refractivity contribution in [2.75, 3.05) is 7.11 Å². The minimum atomic E-state index is -0.642. The normalized spacial score (nSPS) is 21.8. The fraction of sp³-hybridized carbons (Fsp3) is 0.381. The Labute approximate surface area is 155 Å². The van der Waals surface area contributed by atoms with Gasteiger partial charge >= 0.3 is 5.97 Å². The Balaban J connectivity index is 1.89. The molecule has 0 N–H and O–H groups in total. The molecule has 6 heteroatoms. The number of methoxy groups -OCH3 is 1. The number of allylic oxidation sites excluding steroid dienone is 2. The summed E-state index contributed by atoms with van der Waals surface area (Å²) in [5, 5.41) is 0.358. The summed E-state index contributed by atoms with van der Waals surface area (Å²) >= 11 is 0. The fourth-order valence-electron chi connectivity index (χ4n) is 3.96. The third-order valence-corrected chi connectivity index (χ3v) is 5.22. The number of Topliss-reactive ketones (excluding diaryl/α,β-unsaturated/α-hetero) is 1. The number of carbonyl (C=O) groups is 2. The van der Waals surface area contributed by atoms with Gasteiger partial charge in [0.2, 0.25) is 0 Å². The molecule has 1 unspecified atom stereocenters. The Morgan fingerprint density at radius 2 is 1.93 bits per heavy atom. The third kappa shape index (κ3) is 2.95. The lowest BCUT2D eigenvalue weighted by Gasteiger charge is -2.36. The predicted molar refractivity (Wildman–Crippen MR) is 97.5 cm³/mol. The summed E-state index contributed by atoms with van der Waals surface area (Å²) in [6, 6.07) is 4.97. The topological polar surface area (TPSA) is 82.8 Å². The number of ether oxygens (including phenoxy) is 2. The van der Waals surface area contributed by atoms with E-state index in [1.165, 1.54) is 13.4 Å². The van der Waals surface area contributed by atoms with Gasteiger partial charge in [0.25, 0.3) is 0 Å². The van der Waals surface area contributed by atoms with Gasteiger partial charge in [-0.15, -0.1) is 0 Å². The van der Waals surface area contributed by atoms with Gasteiger partial charge in [-0.2, -0.15) is 0 Å². The summed E-state index contributed by atoms with van der Waals surface area (Å²) in [4.78, 5) is 38.1. The average Bonchev–Trinajstić information content (AvgIpc) is 2.59. The molecule has 0 amide bonds. The van der Waals surface area contributed by atoms with Crippen molar-refractivity contribution in [2.45, 2.75) is 39.0 Å². The maximum absolute atomic E-state index is 13.1. The van der Waals surface area contributed by atoms with Crippen LogP contribution < -0.4 is 10.2 Å². The lowest BCUT2D eigenvalue weighted by molar-refractivity contribution is -0.142. The highest BCUT2D eigenvalue weighted by atomic mass is 16.5. The van der Waals surface area contributed by atoms with E-state index in [0.29, 0.717) is 46.5 Å². The van der Waals surface area contributed by atoms with Crippen LogP contribution in [0.4, 0.5) is 0 Å². The van der Waals surface area contributed by atoms with E-state index in [1.807, 2.05) is 13.8 Å². The van der Waals surface area contributed by atoms with E-state index in [1.54, 1.807) is 18.2 Å². The van der Waals surface area contributed by atoms with Crippen LogP contribution in [0, 0.1) is 5.41 Å². The first-order valence-corrected chi connectivity index (χ1v) is 8.85. The molecule has 0 radical (unpaired) electrons. The van der Waals surface area contributed by atoms with Crippen molar-refractivity contribution < 1.29 is 23.5 Å². The molecule has 1 aromatic carbocycles. The molecule has 1 aliphatic heterocycles. The highest BCUT2D eigenvalue weighted by Gasteiger charge is 2.43. The van der Waals surface area contributed by atoms with Crippen LogP contribution >= 0.6 is 0 Å². The summed E-state index contributed by atoms with van der Waals surface area (Å²) in [6.07, 6.45) is 2.15. The van der Waals surface area contributed by atoms with Gasteiger partial charge in [0.05, 0.1) is 25.2 Å². The molecule has 4 rings (SSSR count). The average molecular weight is 368 g/mol. The summed E-state index contributed by atoms with van der Waals surface area (Å²) in [6.45, 7) is 3.92. The summed E-state index contributed by atoms with van der Waals surface area (Å²) < 4.78 is 16.2. The highest BCUT2D eigenvalue weighted by molar-refractivity contribution is 6.00. The van der Waals surface area contributed by atoms with Crippen molar-refractivity contribution >= 4 is 22.7 Å². The fourth-order valence-corrected chi connectivity index (χ4v) is 3.96. The first kappa shape index (κ1) is 17.5. The van der Waals surface area contributed by atoms with Gasteiger partial charge in [-0.3, -0.25) is 14.4 Å².